The van der Waals surface area contributed by atoms with Crippen LogP contribution in [0.3, 0.4) is 0 Å². The maximum absolute atomic E-state index is 13.0. The number of carbonyl (C=O) groups is 1. The molecule has 2 aromatic rings. The van der Waals surface area contributed by atoms with Gasteiger partial charge in [0.25, 0.3) is 0 Å². The van der Waals surface area contributed by atoms with E-state index in [2.05, 4.69) is 39.3 Å². The van der Waals surface area contributed by atoms with Gasteiger partial charge in [-0.3, -0.25) is 4.98 Å². The zero-order valence-electron chi connectivity index (χ0n) is 21.3. The number of hydrogen-bond donors (Lipinski definition) is 2. The summed E-state index contributed by atoms with van der Waals surface area (Å²) in [6.07, 6.45) is 8.01. The average molecular weight is 475 g/mol. The molecule has 0 aliphatic carbocycles. The SMILES string of the molecule is CCCC1(NC(=O)NC(C)(C)C#Cc2ccc(COCc3cccnc3)cc2)CN2CCC1CC2. The van der Waals surface area contributed by atoms with Gasteiger partial charge in [0, 0.05) is 24.5 Å². The molecule has 2 amide bonds. The summed E-state index contributed by atoms with van der Waals surface area (Å²) in [5, 5.41) is 6.48. The number of carbonyl (C=O) groups excluding carboxylic acids is 1. The molecule has 3 saturated heterocycles. The molecule has 3 aliphatic heterocycles. The van der Waals surface area contributed by atoms with Gasteiger partial charge >= 0.3 is 6.03 Å². The number of rotatable bonds is 8. The van der Waals surface area contributed by atoms with E-state index in [1.165, 1.54) is 12.8 Å². The van der Waals surface area contributed by atoms with Crippen molar-refractivity contribution < 1.29 is 9.53 Å². The van der Waals surface area contributed by atoms with E-state index >= 15 is 0 Å². The summed E-state index contributed by atoms with van der Waals surface area (Å²) in [4.78, 5) is 19.6. The molecular weight excluding hydrogens is 436 g/mol. The van der Waals surface area contributed by atoms with Crippen LogP contribution in [0.4, 0.5) is 4.79 Å². The van der Waals surface area contributed by atoms with Crippen molar-refractivity contribution in [3.63, 3.8) is 0 Å². The van der Waals surface area contributed by atoms with Crippen molar-refractivity contribution in [1.29, 1.82) is 0 Å². The van der Waals surface area contributed by atoms with Gasteiger partial charge in [-0.2, -0.15) is 0 Å². The lowest BCUT2D eigenvalue weighted by Gasteiger charge is -2.53. The van der Waals surface area contributed by atoms with Gasteiger partial charge in [0.15, 0.2) is 0 Å². The number of nitrogens with zero attached hydrogens (tertiary/aromatic N) is 2. The highest BCUT2D eigenvalue weighted by molar-refractivity contribution is 5.76. The molecule has 1 aromatic carbocycles. The van der Waals surface area contributed by atoms with Gasteiger partial charge in [-0.25, -0.2) is 4.79 Å². The predicted molar refractivity (Wildman–Crippen MR) is 139 cm³/mol. The molecule has 0 spiro atoms. The molecule has 4 heterocycles. The molecule has 0 radical (unpaired) electrons. The number of nitrogens with one attached hydrogen (secondary N) is 2. The summed E-state index contributed by atoms with van der Waals surface area (Å²) in [5.41, 5.74) is 2.30. The number of pyridine rings is 1. The summed E-state index contributed by atoms with van der Waals surface area (Å²) in [5.74, 6) is 7.02. The summed E-state index contributed by atoms with van der Waals surface area (Å²) < 4.78 is 5.78. The fraction of sp³-hybridized carbons (Fsp3) is 0.517. The minimum Gasteiger partial charge on any atom is -0.372 e. The molecule has 0 saturated carbocycles. The molecule has 5 rings (SSSR count). The van der Waals surface area contributed by atoms with Crippen LogP contribution in [0.2, 0.25) is 0 Å². The number of fused-ring (bicyclic) bond motifs is 3. The summed E-state index contributed by atoms with van der Waals surface area (Å²) in [7, 11) is 0. The first-order valence-corrected chi connectivity index (χ1v) is 12.8. The van der Waals surface area contributed by atoms with E-state index in [9.17, 15) is 4.79 Å². The van der Waals surface area contributed by atoms with Crippen molar-refractivity contribution in [2.45, 2.75) is 70.7 Å². The Labute approximate surface area is 209 Å². The number of benzene rings is 1. The normalized spacial score (nSPS) is 23.3. The number of amides is 2. The number of piperidine rings is 3. The molecule has 6 nitrogen and oxygen atoms in total. The van der Waals surface area contributed by atoms with Crippen molar-refractivity contribution in [2.24, 2.45) is 5.92 Å². The van der Waals surface area contributed by atoms with E-state index in [-0.39, 0.29) is 11.6 Å². The molecule has 35 heavy (non-hydrogen) atoms. The number of ether oxygens (including phenoxy) is 1. The molecular formula is C29H38N4O2. The molecule has 1 unspecified atom stereocenters. The zero-order valence-corrected chi connectivity index (χ0v) is 21.3. The van der Waals surface area contributed by atoms with E-state index < -0.39 is 5.54 Å². The molecule has 3 fully saturated rings. The van der Waals surface area contributed by atoms with Crippen LogP contribution in [-0.4, -0.2) is 46.6 Å². The first kappa shape index (κ1) is 25.2. The van der Waals surface area contributed by atoms with Crippen LogP contribution in [0.25, 0.3) is 0 Å². The summed E-state index contributed by atoms with van der Waals surface area (Å²) >= 11 is 0. The highest BCUT2D eigenvalue weighted by Gasteiger charge is 2.47. The van der Waals surface area contributed by atoms with Gasteiger partial charge in [-0.1, -0.05) is 43.4 Å². The molecule has 1 atom stereocenters. The van der Waals surface area contributed by atoms with Crippen molar-refractivity contribution in [3.05, 3.63) is 65.5 Å². The molecule has 6 heteroatoms. The van der Waals surface area contributed by atoms with E-state index in [0.29, 0.717) is 19.1 Å². The van der Waals surface area contributed by atoms with E-state index in [1.807, 2.05) is 56.4 Å². The second-order valence-electron chi connectivity index (χ2n) is 10.5. The maximum atomic E-state index is 13.0. The van der Waals surface area contributed by atoms with Gasteiger partial charge in [0.2, 0.25) is 0 Å². The third-order valence-electron chi connectivity index (χ3n) is 7.09. The Hall–Kier alpha value is -2.88. The smallest absolute Gasteiger partial charge is 0.316 e. The predicted octanol–water partition coefficient (Wildman–Crippen LogP) is 4.49. The highest BCUT2D eigenvalue weighted by Crippen LogP contribution is 2.38. The summed E-state index contributed by atoms with van der Waals surface area (Å²) in [6, 6.07) is 11.8. The van der Waals surface area contributed by atoms with Gasteiger partial charge in [-0.15, -0.1) is 0 Å². The molecule has 3 aliphatic rings. The fourth-order valence-electron chi connectivity index (χ4n) is 5.36. The largest absolute Gasteiger partial charge is 0.372 e. The van der Waals surface area contributed by atoms with E-state index in [1.54, 1.807) is 6.20 Å². The number of urea groups is 1. The Kier molecular flexibility index (Phi) is 8.10. The first-order valence-electron chi connectivity index (χ1n) is 12.8. The fourth-order valence-corrected chi connectivity index (χ4v) is 5.36. The van der Waals surface area contributed by atoms with Crippen molar-refractivity contribution >= 4 is 6.03 Å². The monoisotopic (exact) mass is 474 g/mol. The molecule has 1 aromatic heterocycles. The Morgan fingerprint density at radius 3 is 2.54 bits per heavy atom. The van der Waals surface area contributed by atoms with E-state index in [4.69, 9.17) is 4.74 Å². The summed E-state index contributed by atoms with van der Waals surface area (Å²) in [6.45, 7) is 10.4. The third kappa shape index (κ3) is 6.84. The van der Waals surface area contributed by atoms with Crippen LogP contribution in [0, 0.1) is 17.8 Å². The second-order valence-corrected chi connectivity index (χ2v) is 10.5. The van der Waals surface area contributed by atoms with Gasteiger partial charge in [0.05, 0.1) is 24.3 Å². The van der Waals surface area contributed by atoms with Crippen LogP contribution in [0.15, 0.2) is 48.8 Å². The van der Waals surface area contributed by atoms with Crippen LogP contribution in [0.5, 0.6) is 0 Å². The highest BCUT2D eigenvalue weighted by atomic mass is 16.5. The molecule has 2 bridgehead atoms. The second kappa shape index (κ2) is 11.2. The topological polar surface area (TPSA) is 66.5 Å². The van der Waals surface area contributed by atoms with Gasteiger partial charge in [-0.05, 0) is 81.4 Å². The quantitative estimate of drug-likeness (QED) is 0.553. The average Bonchev–Trinajstić information content (AvgIpc) is 2.84. The standard InChI is InChI=1S/C29H38N4O2/c1-4-14-29(22-33-17-12-26(29)13-18-33)32-27(34)31-28(2,3)15-11-23-7-9-24(10-8-23)20-35-21-25-6-5-16-30-19-25/h5-10,16,19,26H,4,12-14,17-18,20-22H2,1-3H3,(H2,31,32,34). The van der Waals surface area contributed by atoms with Crippen LogP contribution in [-0.2, 0) is 18.0 Å². The van der Waals surface area contributed by atoms with Crippen LogP contribution >= 0.6 is 0 Å². The Morgan fingerprint density at radius 1 is 1.17 bits per heavy atom. The zero-order chi connectivity index (χ0) is 24.7. The van der Waals surface area contributed by atoms with Gasteiger partial charge in [0.1, 0.15) is 0 Å². The minimum atomic E-state index is -0.642. The van der Waals surface area contributed by atoms with Crippen molar-refractivity contribution in [2.75, 3.05) is 19.6 Å². The lowest BCUT2D eigenvalue weighted by molar-refractivity contribution is 0.00706. The maximum Gasteiger partial charge on any atom is 0.316 e. The minimum absolute atomic E-state index is 0.117. The Bertz CT molecular complexity index is 1030. The molecule has 186 valence electrons. The molecule has 2 N–H and O–H groups in total. The lowest BCUT2D eigenvalue weighted by Crippen LogP contribution is -2.68. The Balaban J connectivity index is 1.30. The number of hydrogen-bond acceptors (Lipinski definition) is 4. The van der Waals surface area contributed by atoms with Crippen LogP contribution in [0.1, 0.15) is 63.1 Å². The first-order chi connectivity index (χ1) is 16.9. The lowest BCUT2D eigenvalue weighted by atomic mass is 9.70. The van der Waals surface area contributed by atoms with Crippen molar-refractivity contribution in [1.82, 2.24) is 20.5 Å². The van der Waals surface area contributed by atoms with Gasteiger partial charge < -0.3 is 20.3 Å². The third-order valence-corrected chi connectivity index (χ3v) is 7.09. The van der Waals surface area contributed by atoms with E-state index in [0.717, 1.165) is 49.2 Å². The number of aromatic nitrogens is 1. The Morgan fingerprint density at radius 2 is 1.91 bits per heavy atom. The van der Waals surface area contributed by atoms with Crippen LogP contribution < -0.4 is 10.6 Å². The van der Waals surface area contributed by atoms with Crippen molar-refractivity contribution in [3.8, 4) is 11.8 Å².